The number of rotatable bonds is 4. The van der Waals surface area contributed by atoms with Gasteiger partial charge in [-0.3, -0.25) is 4.79 Å². The lowest BCUT2D eigenvalue weighted by Gasteiger charge is -2.61. The standard InChI is InChI=1S/C17H30O3Si/c1-11-9-17(20-21(6,7)8)10-16(3,4)13(11)15(19-5)14(17)12(2)18/h9,13-15H,10H2,1-8H3/t13-,14-,15-,17+/m0/s1. The smallest absolute Gasteiger partial charge is 0.184 e. The number of methoxy groups -OCH3 is 1. The monoisotopic (exact) mass is 310 g/mol. The van der Waals surface area contributed by atoms with Gasteiger partial charge in [0.15, 0.2) is 8.32 Å². The molecule has 0 heterocycles. The van der Waals surface area contributed by atoms with Crippen molar-refractivity contribution in [3.8, 4) is 0 Å². The molecule has 0 saturated heterocycles. The quantitative estimate of drug-likeness (QED) is 0.585. The maximum Gasteiger partial charge on any atom is 0.184 e. The molecular formula is C17H30O3Si. The summed E-state index contributed by atoms with van der Waals surface area (Å²) < 4.78 is 12.4. The fourth-order valence-electron chi connectivity index (χ4n) is 4.89. The van der Waals surface area contributed by atoms with Crippen molar-refractivity contribution >= 4 is 14.1 Å². The van der Waals surface area contributed by atoms with Crippen LogP contribution in [-0.4, -0.2) is 32.9 Å². The summed E-state index contributed by atoms with van der Waals surface area (Å²) in [6.45, 7) is 15.0. The van der Waals surface area contributed by atoms with Crippen LogP contribution in [0.2, 0.25) is 19.6 Å². The van der Waals surface area contributed by atoms with Crippen LogP contribution in [0.3, 0.4) is 0 Å². The Balaban J connectivity index is 2.60. The molecule has 120 valence electrons. The molecule has 0 aromatic heterocycles. The molecule has 0 aliphatic heterocycles. The van der Waals surface area contributed by atoms with E-state index in [1.54, 1.807) is 14.0 Å². The summed E-state index contributed by atoms with van der Waals surface area (Å²) in [4.78, 5) is 12.4. The van der Waals surface area contributed by atoms with Gasteiger partial charge in [0.25, 0.3) is 0 Å². The maximum atomic E-state index is 12.4. The predicted molar refractivity (Wildman–Crippen MR) is 87.8 cm³/mol. The van der Waals surface area contributed by atoms with Crippen LogP contribution in [0, 0.1) is 17.3 Å². The second-order valence-corrected chi connectivity index (χ2v) is 12.9. The Hall–Kier alpha value is -0.453. The lowest BCUT2D eigenvalue weighted by Crippen LogP contribution is -2.66. The number of Topliss-reactive ketones (excluding diaryl/α,β-unsaturated/α-hetero) is 1. The van der Waals surface area contributed by atoms with Crippen molar-refractivity contribution in [1.82, 2.24) is 0 Å². The van der Waals surface area contributed by atoms with Gasteiger partial charge in [0.05, 0.1) is 17.6 Å². The zero-order chi connectivity index (χ0) is 16.2. The SMILES string of the molecule is CO[C@H]1[C@@H]2C(C)=C[C@@](O[Si](C)(C)C)(CC2(C)C)[C@H]1C(C)=O. The number of carbonyl (C=O) groups excluding carboxylic acids is 1. The molecule has 0 amide bonds. The topological polar surface area (TPSA) is 35.5 Å². The highest BCUT2D eigenvalue weighted by molar-refractivity contribution is 6.69. The van der Waals surface area contributed by atoms with Crippen LogP contribution in [0.15, 0.2) is 11.6 Å². The summed E-state index contributed by atoms with van der Waals surface area (Å²) in [5, 5.41) is 0. The number of ether oxygens (including phenoxy) is 1. The van der Waals surface area contributed by atoms with Crippen molar-refractivity contribution in [2.45, 2.75) is 65.5 Å². The van der Waals surface area contributed by atoms with E-state index in [0.29, 0.717) is 5.92 Å². The highest BCUT2D eigenvalue weighted by atomic mass is 28.4. The highest BCUT2D eigenvalue weighted by Gasteiger charge is 2.62. The molecule has 4 heteroatoms. The lowest BCUT2D eigenvalue weighted by atomic mass is 9.50. The second kappa shape index (κ2) is 5.03. The molecule has 21 heavy (non-hydrogen) atoms. The third-order valence-electron chi connectivity index (χ3n) is 4.93. The van der Waals surface area contributed by atoms with Gasteiger partial charge in [-0.05, 0) is 45.3 Å². The molecule has 1 saturated carbocycles. The van der Waals surface area contributed by atoms with E-state index in [4.69, 9.17) is 9.16 Å². The van der Waals surface area contributed by atoms with Crippen LogP contribution in [0.5, 0.6) is 0 Å². The Kier molecular flexibility index (Phi) is 4.05. The number of fused-ring (bicyclic) bond motifs is 2. The molecule has 3 aliphatic rings. The van der Waals surface area contributed by atoms with Crippen LogP contribution in [0.25, 0.3) is 0 Å². The number of hydrogen-bond donors (Lipinski definition) is 0. The number of hydrogen-bond acceptors (Lipinski definition) is 3. The Morgan fingerprint density at radius 2 is 1.90 bits per heavy atom. The maximum absolute atomic E-state index is 12.4. The van der Waals surface area contributed by atoms with Gasteiger partial charge in [-0.1, -0.05) is 25.5 Å². The Labute approximate surface area is 130 Å². The molecule has 0 N–H and O–H groups in total. The van der Waals surface area contributed by atoms with E-state index >= 15 is 0 Å². The van der Waals surface area contributed by atoms with Gasteiger partial charge < -0.3 is 9.16 Å². The van der Waals surface area contributed by atoms with E-state index in [-0.39, 0.29) is 23.2 Å². The molecule has 3 aliphatic carbocycles. The van der Waals surface area contributed by atoms with Crippen molar-refractivity contribution in [2.24, 2.45) is 17.3 Å². The van der Waals surface area contributed by atoms with Gasteiger partial charge in [0, 0.05) is 13.0 Å². The Morgan fingerprint density at radius 1 is 1.33 bits per heavy atom. The first-order valence-electron chi connectivity index (χ1n) is 7.86. The Morgan fingerprint density at radius 3 is 2.29 bits per heavy atom. The average molecular weight is 311 g/mol. The molecule has 1 fully saturated rings. The van der Waals surface area contributed by atoms with Crippen molar-refractivity contribution < 1.29 is 14.0 Å². The third kappa shape index (κ3) is 2.78. The highest BCUT2D eigenvalue weighted by Crippen LogP contribution is 2.58. The van der Waals surface area contributed by atoms with E-state index in [2.05, 4.69) is 46.5 Å². The zero-order valence-corrected chi connectivity index (χ0v) is 15.7. The molecule has 0 aromatic rings. The fraction of sp³-hybridized carbons (Fsp3) is 0.824. The van der Waals surface area contributed by atoms with Crippen molar-refractivity contribution in [2.75, 3.05) is 7.11 Å². The van der Waals surface area contributed by atoms with E-state index in [0.717, 1.165) is 6.42 Å². The lowest BCUT2D eigenvalue weighted by molar-refractivity contribution is -0.168. The number of ketones is 1. The van der Waals surface area contributed by atoms with Crippen LogP contribution in [0.4, 0.5) is 0 Å². The first-order valence-corrected chi connectivity index (χ1v) is 11.3. The molecule has 0 radical (unpaired) electrons. The summed E-state index contributed by atoms with van der Waals surface area (Å²) in [7, 11) is -0.0588. The Bertz CT molecular complexity index is 475. The summed E-state index contributed by atoms with van der Waals surface area (Å²) in [5.74, 6) is 0.295. The zero-order valence-electron chi connectivity index (χ0n) is 14.7. The first-order chi connectivity index (χ1) is 9.43. The van der Waals surface area contributed by atoms with Gasteiger partial charge in [-0.25, -0.2) is 0 Å². The van der Waals surface area contributed by atoms with Gasteiger partial charge in [-0.2, -0.15) is 0 Å². The van der Waals surface area contributed by atoms with Crippen molar-refractivity contribution in [3.05, 3.63) is 11.6 Å². The minimum absolute atomic E-state index is 0.0763. The normalized spacial score (nSPS) is 38.3. The number of carbonyl (C=O) groups is 1. The van der Waals surface area contributed by atoms with Crippen molar-refractivity contribution in [1.29, 1.82) is 0 Å². The molecule has 3 nitrogen and oxygen atoms in total. The van der Waals surface area contributed by atoms with Crippen LogP contribution >= 0.6 is 0 Å². The average Bonchev–Trinajstić information content (AvgIpc) is 2.21. The van der Waals surface area contributed by atoms with E-state index < -0.39 is 13.9 Å². The van der Waals surface area contributed by atoms with Crippen LogP contribution in [-0.2, 0) is 14.0 Å². The predicted octanol–water partition coefficient (Wildman–Crippen LogP) is 3.80. The molecule has 4 atom stereocenters. The molecular weight excluding hydrogens is 280 g/mol. The van der Waals surface area contributed by atoms with E-state index in [9.17, 15) is 4.79 Å². The third-order valence-corrected chi connectivity index (χ3v) is 5.92. The summed E-state index contributed by atoms with van der Waals surface area (Å²) in [6.07, 6.45) is 3.06. The molecule has 0 aromatic carbocycles. The summed E-state index contributed by atoms with van der Waals surface area (Å²) in [6, 6.07) is 0. The minimum atomic E-state index is -1.79. The van der Waals surface area contributed by atoms with Gasteiger partial charge in [-0.15, -0.1) is 0 Å². The van der Waals surface area contributed by atoms with E-state index in [1.807, 2.05) is 0 Å². The van der Waals surface area contributed by atoms with Gasteiger partial charge >= 0.3 is 0 Å². The largest absolute Gasteiger partial charge is 0.408 e. The molecule has 2 bridgehead atoms. The van der Waals surface area contributed by atoms with Gasteiger partial charge in [0.1, 0.15) is 5.78 Å². The molecule has 0 spiro atoms. The van der Waals surface area contributed by atoms with E-state index in [1.165, 1.54) is 5.57 Å². The van der Waals surface area contributed by atoms with Crippen LogP contribution in [0.1, 0.15) is 34.1 Å². The summed E-state index contributed by atoms with van der Waals surface area (Å²) in [5.41, 5.74) is 0.915. The minimum Gasteiger partial charge on any atom is -0.408 e. The first kappa shape index (κ1) is 16.9. The molecule has 0 unspecified atom stereocenters. The second-order valence-electron chi connectivity index (χ2n) is 8.49. The van der Waals surface area contributed by atoms with Gasteiger partial charge in [0.2, 0.25) is 0 Å². The fourth-order valence-corrected chi connectivity index (χ4v) is 6.28. The summed E-state index contributed by atoms with van der Waals surface area (Å²) >= 11 is 0. The van der Waals surface area contributed by atoms with Crippen LogP contribution < -0.4 is 0 Å². The van der Waals surface area contributed by atoms with Crippen molar-refractivity contribution in [3.63, 3.8) is 0 Å². The molecule has 3 rings (SSSR count).